The maximum atomic E-state index is 5.85. The van der Waals surface area contributed by atoms with Gasteiger partial charge in [0.25, 0.3) is 0 Å². The molecule has 0 bridgehead atoms. The molecule has 0 aromatic carbocycles. The summed E-state index contributed by atoms with van der Waals surface area (Å²) in [6, 6.07) is 0. The van der Waals surface area contributed by atoms with Crippen LogP contribution in [0.25, 0.3) is 0 Å². The van der Waals surface area contributed by atoms with Gasteiger partial charge >= 0.3 is 0 Å². The lowest BCUT2D eigenvalue weighted by Gasteiger charge is -2.22. The Bertz CT molecular complexity index is 168. The van der Waals surface area contributed by atoms with Crippen LogP contribution in [0.2, 0.25) is 0 Å². The average Bonchev–Trinajstić information content (AvgIpc) is 2.46. The molecule has 0 amide bonds. The van der Waals surface area contributed by atoms with Crippen molar-refractivity contribution in [2.75, 3.05) is 18.1 Å². The maximum Gasteiger partial charge on any atom is 0.163 e. The highest BCUT2D eigenvalue weighted by molar-refractivity contribution is 8.17. The van der Waals surface area contributed by atoms with Crippen LogP contribution in [0.1, 0.15) is 27.7 Å². The SMILES string of the molecule is CCSC(SCC)[C@H]1COC(C)(C)O1. The van der Waals surface area contributed by atoms with Gasteiger partial charge in [-0.15, -0.1) is 23.5 Å². The fourth-order valence-electron chi connectivity index (χ4n) is 1.44. The molecular formula is C10H20O2S2. The van der Waals surface area contributed by atoms with Gasteiger partial charge in [-0.1, -0.05) is 13.8 Å². The van der Waals surface area contributed by atoms with Gasteiger partial charge in [-0.3, -0.25) is 0 Å². The van der Waals surface area contributed by atoms with Crippen molar-refractivity contribution in [3.05, 3.63) is 0 Å². The summed E-state index contributed by atoms with van der Waals surface area (Å²) in [7, 11) is 0. The number of thioether (sulfide) groups is 2. The van der Waals surface area contributed by atoms with E-state index >= 15 is 0 Å². The highest BCUT2D eigenvalue weighted by Gasteiger charge is 2.37. The lowest BCUT2D eigenvalue weighted by atomic mass is 10.4. The molecule has 0 N–H and O–H groups in total. The van der Waals surface area contributed by atoms with Crippen molar-refractivity contribution in [2.24, 2.45) is 0 Å². The Morgan fingerprint density at radius 3 is 2.21 bits per heavy atom. The molecule has 2 nitrogen and oxygen atoms in total. The van der Waals surface area contributed by atoms with Crippen LogP contribution >= 0.6 is 23.5 Å². The molecule has 0 aliphatic carbocycles. The summed E-state index contributed by atoms with van der Waals surface area (Å²) in [4.78, 5) is 0. The summed E-state index contributed by atoms with van der Waals surface area (Å²) in [5.74, 6) is 1.89. The number of ether oxygens (including phenoxy) is 2. The minimum Gasteiger partial charge on any atom is -0.348 e. The van der Waals surface area contributed by atoms with Crippen LogP contribution in [-0.4, -0.2) is 34.6 Å². The topological polar surface area (TPSA) is 18.5 Å². The summed E-state index contributed by atoms with van der Waals surface area (Å²) < 4.78 is 11.9. The van der Waals surface area contributed by atoms with E-state index in [-0.39, 0.29) is 11.9 Å². The van der Waals surface area contributed by atoms with Gasteiger partial charge < -0.3 is 9.47 Å². The maximum absolute atomic E-state index is 5.85. The molecular weight excluding hydrogens is 216 g/mol. The van der Waals surface area contributed by atoms with Crippen molar-refractivity contribution >= 4 is 23.5 Å². The van der Waals surface area contributed by atoms with Gasteiger partial charge in [0.15, 0.2) is 5.79 Å². The van der Waals surface area contributed by atoms with Crippen LogP contribution < -0.4 is 0 Å². The molecule has 1 saturated heterocycles. The van der Waals surface area contributed by atoms with Crippen molar-refractivity contribution in [3.8, 4) is 0 Å². The minimum absolute atomic E-state index is 0.250. The molecule has 0 saturated carbocycles. The monoisotopic (exact) mass is 236 g/mol. The molecule has 1 fully saturated rings. The molecule has 0 aromatic rings. The van der Waals surface area contributed by atoms with E-state index in [9.17, 15) is 0 Å². The van der Waals surface area contributed by atoms with E-state index < -0.39 is 0 Å². The van der Waals surface area contributed by atoms with E-state index in [4.69, 9.17) is 9.47 Å². The Hall–Kier alpha value is 0.620. The molecule has 1 aliphatic rings. The zero-order valence-corrected chi connectivity index (χ0v) is 11.0. The largest absolute Gasteiger partial charge is 0.348 e. The van der Waals surface area contributed by atoms with Gasteiger partial charge in [0.2, 0.25) is 0 Å². The number of rotatable bonds is 5. The second-order valence-electron chi connectivity index (χ2n) is 3.65. The Labute approximate surface area is 95.5 Å². The lowest BCUT2D eigenvalue weighted by Crippen LogP contribution is -2.27. The standard InChI is InChI=1S/C10H20O2S2/c1-5-13-9(14-6-2)8-7-11-10(3,4)12-8/h8-9H,5-7H2,1-4H3/t8-/m1/s1. The molecule has 0 aromatic heterocycles. The van der Waals surface area contributed by atoms with Crippen molar-refractivity contribution in [1.29, 1.82) is 0 Å². The Balaban J connectivity index is 2.44. The van der Waals surface area contributed by atoms with Crippen LogP contribution in [0.4, 0.5) is 0 Å². The van der Waals surface area contributed by atoms with E-state index in [1.165, 1.54) is 0 Å². The number of hydrogen-bond donors (Lipinski definition) is 0. The van der Waals surface area contributed by atoms with Crippen LogP contribution in [0.15, 0.2) is 0 Å². The summed E-state index contributed by atoms with van der Waals surface area (Å²) in [5, 5.41) is 0. The van der Waals surface area contributed by atoms with Gasteiger partial charge in [0, 0.05) is 0 Å². The van der Waals surface area contributed by atoms with Crippen molar-refractivity contribution < 1.29 is 9.47 Å². The van der Waals surface area contributed by atoms with Crippen LogP contribution in [-0.2, 0) is 9.47 Å². The van der Waals surface area contributed by atoms with E-state index in [1.54, 1.807) is 0 Å². The predicted octanol–water partition coefficient (Wildman–Crippen LogP) is 2.97. The minimum atomic E-state index is -0.383. The molecule has 1 atom stereocenters. The van der Waals surface area contributed by atoms with Gasteiger partial charge in [0.1, 0.15) is 6.10 Å². The van der Waals surface area contributed by atoms with Crippen LogP contribution in [0, 0.1) is 0 Å². The van der Waals surface area contributed by atoms with Gasteiger partial charge in [-0.2, -0.15) is 0 Å². The van der Waals surface area contributed by atoms with Crippen molar-refractivity contribution in [2.45, 2.75) is 44.2 Å². The first-order chi connectivity index (χ1) is 6.59. The third kappa shape index (κ3) is 3.65. The molecule has 0 unspecified atom stereocenters. The van der Waals surface area contributed by atoms with Crippen molar-refractivity contribution in [1.82, 2.24) is 0 Å². The molecule has 0 radical (unpaired) electrons. The zero-order valence-electron chi connectivity index (χ0n) is 9.41. The Morgan fingerprint density at radius 2 is 1.86 bits per heavy atom. The first kappa shape index (κ1) is 12.7. The third-order valence-electron chi connectivity index (χ3n) is 2.00. The van der Waals surface area contributed by atoms with E-state index in [0.29, 0.717) is 4.58 Å². The van der Waals surface area contributed by atoms with Gasteiger partial charge in [-0.05, 0) is 25.4 Å². The fraction of sp³-hybridized carbons (Fsp3) is 1.00. The van der Waals surface area contributed by atoms with E-state index in [0.717, 1.165) is 18.1 Å². The van der Waals surface area contributed by atoms with Crippen LogP contribution in [0.5, 0.6) is 0 Å². The first-order valence-corrected chi connectivity index (χ1v) is 7.23. The molecule has 1 rings (SSSR count). The van der Waals surface area contributed by atoms with Crippen LogP contribution in [0.3, 0.4) is 0 Å². The highest BCUT2D eigenvalue weighted by atomic mass is 32.2. The second-order valence-corrected chi connectivity index (χ2v) is 6.78. The predicted molar refractivity (Wildman–Crippen MR) is 65.0 cm³/mol. The van der Waals surface area contributed by atoms with E-state index in [1.807, 2.05) is 37.4 Å². The van der Waals surface area contributed by atoms with Gasteiger partial charge in [0.05, 0.1) is 11.2 Å². The normalized spacial score (nSPS) is 25.9. The zero-order chi connectivity index (χ0) is 10.6. The smallest absolute Gasteiger partial charge is 0.163 e. The Morgan fingerprint density at radius 1 is 1.29 bits per heavy atom. The van der Waals surface area contributed by atoms with E-state index in [2.05, 4.69) is 13.8 Å². The molecule has 1 aliphatic heterocycles. The summed E-state index contributed by atoms with van der Waals surface area (Å²) >= 11 is 3.91. The van der Waals surface area contributed by atoms with Crippen molar-refractivity contribution in [3.63, 3.8) is 0 Å². The average molecular weight is 236 g/mol. The first-order valence-electron chi connectivity index (χ1n) is 5.14. The number of hydrogen-bond acceptors (Lipinski definition) is 4. The third-order valence-corrected chi connectivity index (χ3v) is 4.74. The molecule has 84 valence electrons. The fourth-order valence-corrected chi connectivity index (χ4v) is 4.00. The molecule has 14 heavy (non-hydrogen) atoms. The van der Waals surface area contributed by atoms with Gasteiger partial charge in [-0.25, -0.2) is 0 Å². The Kier molecular flexibility index (Phi) is 5.11. The summed E-state index contributed by atoms with van der Waals surface area (Å²) in [6.45, 7) is 9.08. The molecule has 0 spiro atoms. The molecule has 1 heterocycles. The quantitative estimate of drug-likeness (QED) is 0.683. The molecule has 4 heteroatoms. The lowest BCUT2D eigenvalue weighted by molar-refractivity contribution is -0.136. The summed E-state index contributed by atoms with van der Waals surface area (Å²) in [5.41, 5.74) is 0. The highest BCUT2D eigenvalue weighted by Crippen LogP contribution is 2.34. The summed E-state index contributed by atoms with van der Waals surface area (Å²) in [6.07, 6.45) is 0.250. The second kappa shape index (κ2) is 5.64.